The van der Waals surface area contributed by atoms with Crippen LogP contribution >= 0.6 is 0 Å². The first-order valence-corrected chi connectivity index (χ1v) is 21.8. The number of aromatic nitrogens is 4. The Morgan fingerprint density at radius 3 is 0.984 bits per heavy atom. The van der Waals surface area contributed by atoms with E-state index in [1.165, 1.54) is 44.9 Å². The summed E-state index contributed by atoms with van der Waals surface area (Å²) < 4.78 is 6.23. The number of unbranched alkanes of at least 4 members (excludes halogenated alkanes) is 7. The molecule has 8 aromatic rings. The molecule has 8 bridgehead atoms. The van der Waals surface area contributed by atoms with Crippen molar-refractivity contribution >= 4 is 22.3 Å². The molecule has 0 unspecified atom stereocenters. The Kier molecular flexibility index (Phi) is 11.7. The van der Waals surface area contributed by atoms with E-state index in [4.69, 9.17) is 4.74 Å². The van der Waals surface area contributed by atoms with Gasteiger partial charge < -0.3 is 40.0 Å². The standard InChI is InChI=1S/C54H52N4O4/c1-2-3-4-5-6-7-8-9-34-62-42-24-16-38(17-25-42)54-49-32-30-47(57-49)52(36-12-20-40(60)21-13-36)45-28-26-43(55-45)51(35-10-18-39(59)19-11-35)44-27-29-46(56-44)53(48-31-33-50(54)58-48)37-14-22-41(61)23-15-37/h10-33,55-61H,2-9,34H2,1H3. The van der Waals surface area contributed by atoms with Crippen LogP contribution in [0.3, 0.4) is 0 Å². The Morgan fingerprint density at radius 1 is 0.339 bits per heavy atom. The fraction of sp³-hybridized carbons (Fsp3) is 0.185. The van der Waals surface area contributed by atoms with Crippen LogP contribution in [0.4, 0.5) is 0 Å². The Labute approximate surface area is 361 Å². The largest absolute Gasteiger partial charge is 0.508 e. The fourth-order valence-corrected chi connectivity index (χ4v) is 8.60. The number of ether oxygens (including phenoxy) is 1. The van der Waals surface area contributed by atoms with Gasteiger partial charge in [0.05, 0.1) is 6.61 Å². The molecule has 8 nitrogen and oxygen atoms in total. The zero-order valence-electron chi connectivity index (χ0n) is 35.0. The number of aromatic hydroxyl groups is 3. The van der Waals surface area contributed by atoms with Crippen LogP contribution in [0.1, 0.15) is 103 Å². The van der Waals surface area contributed by atoms with Crippen molar-refractivity contribution in [3.8, 4) is 23.0 Å². The molecule has 0 fully saturated rings. The number of hydrogen-bond donors (Lipinski definition) is 7. The van der Waals surface area contributed by atoms with Gasteiger partial charge in [-0.25, -0.2) is 0 Å². The Hall–Kier alpha value is -7.32. The summed E-state index contributed by atoms with van der Waals surface area (Å²) in [6.07, 6.45) is 10.1. The molecule has 5 heterocycles. The highest BCUT2D eigenvalue weighted by Gasteiger charge is 2.19. The van der Waals surface area contributed by atoms with Gasteiger partial charge in [0.25, 0.3) is 0 Å². The highest BCUT2D eigenvalue weighted by atomic mass is 16.5. The summed E-state index contributed by atoms with van der Waals surface area (Å²) in [7, 11) is 0. The van der Waals surface area contributed by atoms with Crippen molar-refractivity contribution in [2.24, 2.45) is 0 Å². The fourth-order valence-electron chi connectivity index (χ4n) is 8.60. The van der Waals surface area contributed by atoms with Crippen LogP contribution in [0.5, 0.6) is 23.0 Å². The lowest BCUT2D eigenvalue weighted by Gasteiger charge is -2.11. The number of hydrogen-bond acceptors (Lipinski definition) is 4. The highest BCUT2D eigenvalue weighted by molar-refractivity contribution is 5.85. The first-order valence-electron chi connectivity index (χ1n) is 21.8. The lowest BCUT2D eigenvalue weighted by atomic mass is 10.0. The van der Waals surface area contributed by atoms with Gasteiger partial charge in [-0.1, -0.05) is 100 Å². The summed E-state index contributed by atoms with van der Waals surface area (Å²) in [5.41, 5.74) is 11.1. The van der Waals surface area contributed by atoms with Crippen molar-refractivity contribution < 1.29 is 20.1 Å². The molecule has 0 amide bonds. The third-order valence-corrected chi connectivity index (χ3v) is 11.8. The smallest absolute Gasteiger partial charge is 0.119 e. The van der Waals surface area contributed by atoms with E-state index in [1.807, 2.05) is 36.4 Å². The van der Waals surface area contributed by atoms with Gasteiger partial charge in [0, 0.05) is 66.5 Å². The summed E-state index contributed by atoms with van der Waals surface area (Å²) in [4.78, 5) is 15.1. The second-order valence-corrected chi connectivity index (χ2v) is 16.1. The van der Waals surface area contributed by atoms with Crippen molar-refractivity contribution in [2.75, 3.05) is 6.61 Å². The molecule has 4 aromatic heterocycles. The zero-order chi connectivity index (χ0) is 42.4. The quantitative estimate of drug-likeness (QED) is 0.0552. The van der Waals surface area contributed by atoms with Crippen LogP contribution in [0.2, 0.25) is 0 Å². The summed E-state index contributed by atoms with van der Waals surface area (Å²) in [6.45, 7) is 2.96. The van der Waals surface area contributed by atoms with E-state index in [-0.39, 0.29) is 17.2 Å². The molecule has 312 valence electrons. The van der Waals surface area contributed by atoms with Crippen molar-refractivity contribution in [3.05, 3.63) is 212 Å². The number of nitrogens with one attached hydrogen (secondary N) is 4. The van der Waals surface area contributed by atoms with Crippen LogP contribution in [0.15, 0.2) is 146 Å². The van der Waals surface area contributed by atoms with Gasteiger partial charge in [-0.05, 0) is 126 Å². The van der Waals surface area contributed by atoms with Gasteiger partial charge in [0.2, 0.25) is 0 Å². The van der Waals surface area contributed by atoms with Gasteiger partial charge in [0.1, 0.15) is 23.0 Å². The average Bonchev–Trinajstić information content (AvgIpc) is 4.14. The lowest BCUT2D eigenvalue weighted by Crippen LogP contribution is -2.19. The molecule has 0 saturated heterocycles. The summed E-state index contributed by atoms with van der Waals surface area (Å²) in [5, 5.41) is 34.4. The third-order valence-electron chi connectivity index (χ3n) is 11.8. The van der Waals surface area contributed by atoms with Gasteiger partial charge >= 0.3 is 0 Å². The summed E-state index contributed by atoms with van der Waals surface area (Å²) >= 11 is 0. The maximum absolute atomic E-state index is 10.3. The number of phenols is 3. The predicted octanol–water partition coefficient (Wildman–Crippen LogP) is 8.94. The van der Waals surface area contributed by atoms with E-state index in [0.29, 0.717) is 6.61 Å². The zero-order valence-corrected chi connectivity index (χ0v) is 35.0. The first kappa shape index (κ1) is 40.1. The van der Waals surface area contributed by atoms with Crippen molar-refractivity contribution in [1.29, 1.82) is 0 Å². The molecule has 9 rings (SSSR count). The maximum Gasteiger partial charge on any atom is 0.119 e. The van der Waals surface area contributed by atoms with Gasteiger partial charge in [0.15, 0.2) is 0 Å². The predicted molar refractivity (Wildman–Crippen MR) is 247 cm³/mol. The van der Waals surface area contributed by atoms with E-state index in [1.54, 1.807) is 36.4 Å². The second kappa shape index (κ2) is 18.1. The molecule has 0 radical (unpaired) electrons. The summed E-state index contributed by atoms with van der Waals surface area (Å²) in [6, 6.07) is 47.0. The molecule has 0 saturated carbocycles. The van der Waals surface area contributed by atoms with Gasteiger partial charge in [-0.15, -0.1) is 0 Å². The number of fused-ring (bicyclic) bond motifs is 8. The molecule has 1 aliphatic rings. The first-order chi connectivity index (χ1) is 30.4. The minimum Gasteiger partial charge on any atom is -0.508 e. The van der Waals surface area contributed by atoms with E-state index in [9.17, 15) is 15.3 Å². The second-order valence-electron chi connectivity index (χ2n) is 16.1. The van der Waals surface area contributed by atoms with Crippen molar-refractivity contribution in [3.63, 3.8) is 0 Å². The number of aromatic amines is 4. The normalized spacial score (nSPS) is 12.6. The number of benzene rings is 4. The molecule has 7 N–H and O–H groups in total. The topological polar surface area (TPSA) is 133 Å². The van der Waals surface area contributed by atoms with E-state index < -0.39 is 0 Å². The molecule has 1 aliphatic heterocycles. The SMILES string of the molecule is CCCCCCCCCCOc1ccc(C2=c3ccc([nH]3)=C(c3ccc(O)cc3)c3ccc([nH]3)C(c3ccc(O)cc3)=c3ccc([nH]3)=C(c3ccc(O)cc3)c3ccc2[nH]3)cc1. The highest BCUT2D eigenvalue weighted by Crippen LogP contribution is 2.30. The minimum absolute atomic E-state index is 0.187. The monoisotopic (exact) mass is 820 g/mol. The average molecular weight is 821 g/mol. The molecule has 4 aromatic carbocycles. The molecular formula is C54H52N4O4. The summed E-state index contributed by atoms with van der Waals surface area (Å²) in [5.74, 6) is 1.43. The Bertz CT molecular complexity index is 3040. The van der Waals surface area contributed by atoms with Crippen LogP contribution in [-0.2, 0) is 0 Å². The van der Waals surface area contributed by atoms with Crippen molar-refractivity contribution in [1.82, 2.24) is 19.9 Å². The van der Waals surface area contributed by atoms with Gasteiger partial charge in [-0.2, -0.15) is 0 Å². The number of phenolic OH excluding ortho intramolecular Hbond substituents is 3. The van der Waals surface area contributed by atoms with E-state index in [2.05, 4.69) is 99.7 Å². The van der Waals surface area contributed by atoms with Crippen molar-refractivity contribution in [2.45, 2.75) is 58.3 Å². The molecule has 0 spiro atoms. The van der Waals surface area contributed by atoms with Crippen LogP contribution in [0, 0.1) is 0 Å². The molecule has 0 atom stereocenters. The number of rotatable bonds is 14. The van der Waals surface area contributed by atoms with Crippen LogP contribution in [-0.4, -0.2) is 41.9 Å². The van der Waals surface area contributed by atoms with Gasteiger partial charge in [-0.3, -0.25) is 0 Å². The molecule has 0 aliphatic carbocycles. The molecular weight excluding hydrogens is 769 g/mol. The molecule has 62 heavy (non-hydrogen) atoms. The van der Waals surface area contributed by atoms with Crippen LogP contribution < -0.4 is 26.1 Å². The third kappa shape index (κ3) is 8.63. The molecule has 8 heteroatoms. The Morgan fingerprint density at radius 2 is 0.645 bits per heavy atom. The maximum atomic E-state index is 10.3. The minimum atomic E-state index is 0.187. The Balaban J connectivity index is 1.21. The van der Waals surface area contributed by atoms with Crippen LogP contribution in [0.25, 0.3) is 22.3 Å². The lowest BCUT2D eigenvalue weighted by molar-refractivity contribution is 0.304. The van der Waals surface area contributed by atoms with E-state index in [0.717, 1.165) is 101 Å². The number of H-pyrrole nitrogens is 4. The van der Waals surface area contributed by atoms with E-state index >= 15 is 0 Å².